The molecule has 4 heteroatoms. The zero-order chi connectivity index (χ0) is 52.9. The van der Waals surface area contributed by atoms with Crippen LogP contribution in [0.5, 0.6) is 0 Å². The second-order valence-corrected chi connectivity index (χ2v) is 13.6. The van der Waals surface area contributed by atoms with Crippen LogP contribution in [-0.2, 0) is 0 Å². The average Bonchev–Trinajstić information content (AvgIpc) is 3.78. The standard InChI is InChI=1S/C52H35N3S/c1-5-13-36(14-6-1)37-21-27-44(28-22-37)55(43-19-11-4-12-20-43)45-29-23-38(24-30-45)41-25-31-46-47-32-26-42(34-51(47)56-50(46)33-41)49-35-48(39-15-7-2-8-16-39)53-52(54-49)40-17-9-3-10-18-40/h1-35H/i1D,4D,5D,6D,11D,12D,13D,14D,19D,20D,21D,22D,23D,24D,27D,28D,29D,30D. The number of anilines is 3. The maximum Gasteiger partial charge on any atom is 0.160 e. The maximum absolute atomic E-state index is 9.47. The number of para-hydroxylation sites is 1. The number of hydrogen-bond donors (Lipinski definition) is 0. The fourth-order valence-corrected chi connectivity index (χ4v) is 7.52. The lowest BCUT2D eigenvalue weighted by molar-refractivity contribution is 1.18. The summed E-state index contributed by atoms with van der Waals surface area (Å²) in [7, 11) is 0. The number of aromatic nitrogens is 2. The molecule has 2 aromatic heterocycles. The summed E-state index contributed by atoms with van der Waals surface area (Å²) in [5.41, 5.74) is 0.244. The number of nitrogens with zero attached hydrogens (tertiary/aromatic N) is 3. The van der Waals surface area contributed by atoms with E-state index in [4.69, 9.17) is 26.4 Å². The van der Waals surface area contributed by atoms with Crippen molar-refractivity contribution in [2.75, 3.05) is 4.90 Å². The van der Waals surface area contributed by atoms with E-state index in [2.05, 4.69) is 0 Å². The van der Waals surface area contributed by atoms with E-state index in [0.29, 0.717) is 16.4 Å². The van der Waals surface area contributed by atoms with Gasteiger partial charge >= 0.3 is 0 Å². The van der Waals surface area contributed by atoms with Crippen molar-refractivity contribution in [3.63, 3.8) is 0 Å². The second kappa shape index (κ2) is 14.6. The average molecular weight is 752 g/mol. The molecule has 0 bridgehead atoms. The Morgan fingerprint density at radius 1 is 0.375 bits per heavy atom. The first-order chi connectivity index (χ1) is 35.2. The van der Waals surface area contributed by atoms with Gasteiger partial charge in [-0.15, -0.1) is 11.3 Å². The Kier molecular flexibility index (Phi) is 5.07. The van der Waals surface area contributed by atoms with E-state index in [1.807, 2.05) is 84.9 Å². The summed E-state index contributed by atoms with van der Waals surface area (Å²) in [4.78, 5) is 10.4. The van der Waals surface area contributed by atoms with Crippen LogP contribution in [0.4, 0.5) is 17.1 Å². The molecule has 10 aromatic rings. The first kappa shape index (κ1) is 19.4. The summed E-state index contributed by atoms with van der Waals surface area (Å²) in [6.07, 6.45) is 0. The molecule has 8 aromatic carbocycles. The predicted molar refractivity (Wildman–Crippen MR) is 237 cm³/mol. The van der Waals surface area contributed by atoms with E-state index in [1.54, 1.807) is 18.2 Å². The molecule has 10 rings (SSSR count). The van der Waals surface area contributed by atoms with Crippen molar-refractivity contribution in [2.45, 2.75) is 0 Å². The zero-order valence-corrected chi connectivity index (χ0v) is 29.9. The first-order valence-corrected chi connectivity index (χ1v) is 18.2. The van der Waals surface area contributed by atoms with E-state index in [-0.39, 0.29) is 11.1 Å². The summed E-state index contributed by atoms with van der Waals surface area (Å²) in [6.45, 7) is 0. The number of benzene rings is 8. The van der Waals surface area contributed by atoms with Crippen molar-refractivity contribution in [1.82, 2.24) is 9.97 Å². The Morgan fingerprint density at radius 2 is 0.839 bits per heavy atom. The van der Waals surface area contributed by atoms with Crippen molar-refractivity contribution >= 4 is 48.6 Å². The minimum Gasteiger partial charge on any atom is -0.311 e. The normalized spacial score (nSPS) is 15.7. The van der Waals surface area contributed by atoms with Gasteiger partial charge in [-0.3, -0.25) is 0 Å². The van der Waals surface area contributed by atoms with Crippen molar-refractivity contribution in [1.29, 1.82) is 0 Å². The number of fused-ring (bicyclic) bond motifs is 3. The lowest BCUT2D eigenvalue weighted by Gasteiger charge is -2.26. The van der Waals surface area contributed by atoms with Gasteiger partial charge in [0.05, 0.1) is 36.1 Å². The van der Waals surface area contributed by atoms with Crippen molar-refractivity contribution in [2.24, 2.45) is 0 Å². The molecule has 0 fully saturated rings. The van der Waals surface area contributed by atoms with Crippen molar-refractivity contribution in [3.8, 4) is 56.2 Å². The molecule has 3 nitrogen and oxygen atoms in total. The summed E-state index contributed by atoms with van der Waals surface area (Å²) in [5, 5.41) is 1.75. The fourth-order valence-electron chi connectivity index (χ4n) is 6.33. The number of thiophene rings is 1. The summed E-state index contributed by atoms with van der Waals surface area (Å²) in [6, 6.07) is 16.9. The minimum atomic E-state index is -1.02. The Labute approximate surface area is 355 Å². The lowest BCUT2D eigenvalue weighted by Crippen LogP contribution is -2.09. The topological polar surface area (TPSA) is 29.0 Å². The molecule has 0 aliphatic rings. The van der Waals surface area contributed by atoms with Gasteiger partial charge in [0, 0.05) is 53.9 Å². The van der Waals surface area contributed by atoms with Gasteiger partial charge in [-0.25, -0.2) is 9.97 Å². The molecule has 56 heavy (non-hydrogen) atoms. The molecule has 0 aliphatic carbocycles. The number of hydrogen-bond acceptors (Lipinski definition) is 4. The van der Waals surface area contributed by atoms with Crippen LogP contribution in [0.25, 0.3) is 76.3 Å². The van der Waals surface area contributed by atoms with Gasteiger partial charge in [0.2, 0.25) is 0 Å². The van der Waals surface area contributed by atoms with E-state index in [0.717, 1.165) is 42.6 Å². The van der Waals surface area contributed by atoms with E-state index in [9.17, 15) is 8.22 Å². The molecule has 0 unspecified atom stereocenters. The molecule has 0 N–H and O–H groups in total. The molecule has 0 saturated carbocycles. The third-order valence-electron chi connectivity index (χ3n) is 9.02. The van der Waals surface area contributed by atoms with Crippen LogP contribution in [0.3, 0.4) is 0 Å². The summed E-state index contributed by atoms with van der Waals surface area (Å²) < 4.78 is 161. The highest BCUT2D eigenvalue weighted by Gasteiger charge is 2.15. The van der Waals surface area contributed by atoms with Crippen molar-refractivity contribution < 1.29 is 24.7 Å². The lowest BCUT2D eigenvalue weighted by atomic mass is 10.0. The molecule has 0 atom stereocenters. The quantitative estimate of drug-likeness (QED) is 0.155. The van der Waals surface area contributed by atoms with Crippen LogP contribution < -0.4 is 4.90 Å². The highest BCUT2D eigenvalue weighted by molar-refractivity contribution is 7.25. The van der Waals surface area contributed by atoms with Gasteiger partial charge in [0.25, 0.3) is 0 Å². The molecular weight excluding hydrogens is 699 g/mol. The van der Waals surface area contributed by atoms with E-state index in [1.165, 1.54) is 11.3 Å². The van der Waals surface area contributed by atoms with Crippen LogP contribution in [-0.4, -0.2) is 9.97 Å². The highest BCUT2D eigenvalue weighted by Crippen LogP contribution is 2.40. The molecule has 0 spiro atoms. The number of rotatable bonds is 8. The Balaban J connectivity index is 1.14. The summed E-state index contributed by atoms with van der Waals surface area (Å²) in [5.74, 6) is 0.554. The van der Waals surface area contributed by atoms with Gasteiger partial charge in [0.15, 0.2) is 5.82 Å². The maximum atomic E-state index is 9.47. The third kappa shape index (κ3) is 6.53. The SMILES string of the molecule is [2H]c1c([2H])c([2H])c(-c2c([2H])c([2H])c(N(c3c([2H])c([2H])c([2H])c([2H])c3[2H])c3c([2H])c([2H])c(-c4ccc5c(c4)sc4cc(-c6cc(-c7ccccc7)nc(-c7ccccc7)n6)ccc45)c([2H])c3[2H])c([2H])c2[2H])c([2H])c1[2H]. The monoisotopic (exact) mass is 751 g/mol. The van der Waals surface area contributed by atoms with Crippen LogP contribution >= 0.6 is 11.3 Å². The fraction of sp³-hybridized carbons (Fsp3) is 0. The van der Waals surface area contributed by atoms with Gasteiger partial charge in [-0.1, -0.05) is 157 Å². The third-order valence-corrected chi connectivity index (χ3v) is 10.1. The molecule has 2 heterocycles. The highest BCUT2D eigenvalue weighted by atomic mass is 32.1. The smallest absolute Gasteiger partial charge is 0.160 e. The molecule has 0 radical (unpaired) electrons. The molecule has 0 saturated heterocycles. The predicted octanol–water partition coefficient (Wildman–Crippen LogP) is 14.6. The van der Waals surface area contributed by atoms with Crippen LogP contribution in [0.15, 0.2) is 212 Å². The largest absolute Gasteiger partial charge is 0.311 e. The Hall–Kier alpha value is -7.14. The van der Waals surface area contributed by atoms with Crippen molar-refractivity contribution in [3.05, 3.63) is 212 Å². The molecular formula is C52H35N3S. The van der Waals surface area contributed by atoms with Gasteiger partial charge in [-0.2, -0.15) is 0 Å². The van der Waals surface area contributed by atoms with Crippen LogP contribution in [0.2, 0.25) is 0 Å². The van der Waals surface area contributed by atoms with Gasteiger partial charge in [-0.05, 0) is 76.7 Å². The van der Waals surface area contributed by atoms with Gasteiger partial charge < -0.3 is 4.90 Å². The second-order valence-electron chi connectivity index (χ2n) is 12.5. The Bertz CT molecular complexity index is 3850. The van der Waals surface area contributed by atoms with E-state index >= 15 is 0 Å². The van der Waals surface area contributed by atoms with E-state index < -0.39 is 137 Å². The Morgan fingerprint density at radius 3 is 1.45 bits per heavy atom. The van der Waals surface area contributed by atoms with Crippen LogP contribution in [0, 0.1) is 0 Å². The minimum absolute atomic E-state index is 0.177. The first-order valence-electron chi connectivity index (χ1n) is 26.3. The molecule has 264 valence electrons. The molecule has 0 amide bonds. The van der Waals surface area contributed by atoms with Crippen LogP contribution in [0.1, 0.15) is 24.7 Å². The summed E-state index contributed by atoms with van der Waals surface area (Å²) >= 11 is 1.43. The zero-order valence-electron chi connectivity index (χ0n) is 47.1. The molecule has 0 aliphatic heterocycles. The van der Waals surface area contributed by atoms with Gasteiger partial charge in [0.1, 0.15) is 0 Å².